The Morgan fingerprint density at radius 2 is 1.77 bits per heavy atom. The lowest BCUT2D eigenvalue weighted by Gasteiger charge is -2.35. The number of nitrogens with one attached hydrogen (secondary N) is 1. The van der Waals surface area contributed by atoms with E-state index in [1.54, 1.807) is 0 Å². The van der Waals surface area contributed by atoms with Crippen LogP contribution in [-0.2, 0) is 12.0 Å². The Bertz CT molecular complexity index is 499. The molecule has 0 unspecified atom stereocenters. The van der Waals surface area contributed by atoms with Gasteiger partial charge in [-0.15, -0.1) is 0 Å². The van der Waals surface area contributed by atoms with Gasteiger partial charge in [-0.05, 0) is 43.6 Å². The standard InChI is InChI=1S/C18H30N4/c1-15(2)6-8-18(9-7-16(3)4,22-13-5-10-21-22)14-17-19-11-12-20-17/h5,10-13,15-16H,6-9,14H2,1-4H3,(H,19,20). The number of aromatic nitrogens is 4. The summed E-state index contributed by atoms with van der Waals surface area (Å²) in [5.74, 6) is 2.46. The molecule has 0 aromatic carbocycles. The Labute approximate surface area is 134 Å². The number of rotatable bonds is 9. The average molecular weight is 302 g/mol. The largest absolute Gasteiger partial charge is 0.349 e. The third kappa shape index (κ3) is 4.46. The van der Waals surface area contributed by atoms with E-state index in [1.807, 2.05) is 24.7 Å². The number of hydrogen-bond donors (Lipinski definition) is 1. The molecule has 0 fully saturated rings. The van der Waals surface area contributed by atoms with Gasteiger partial charge in [-0.3, -0.25) is 4.68 Å². The van der Waals surface area contributed by atoms with E-state index in [1.165, 1.54) is 12.8 Å². The summed E-state index contributed by atoms with van der Waals surface area (Å²) < 4.78 is 2.18. The van der Waals surface area contributed by atoms with E-state index in [9.17, 15) is 0 Å². The van der Waals surface area contributed by atoms with Crippen LogP contribution >= 0.6 is 0 Å². The van der Waals surface area contributed by atoms with E-state index >= 15 is 0 Å². The molecule has 0 aliphatic carbocycles. The quantitative estimate of drug-likeness (QED) is 0.745. The summed E-state index contributed by atoms with van der Waals surface area (Å²) in [5, 5.41) is 4.60. The van der Waals surface area contributed by atoms with Crippen molar-refractivity contribution >= 4 is 0 Å². The predicted molar refractivity (Wildman–Crippen MR) is 90.6 cm³/mol. The van der Waals surface area contributed by atoms with Crippen LogP contribution in [0.1, 0.15) is 59.2 Å². The van der Waals surface area contributed by atoms with Gasteiger partial charge >= 0.3 is 0 Å². The van der Waals surface area contributed by atoms with Crippen LogP contribution in [0, 0.1) is 11.8 Å². The summed E-state index contributed by atoms with van der Waals surface area (Å²) in [4.78, 5) is 7.75. The molecular formula is C18H30N4. The van der Waals surface area contributed by atoms with E-state index in [0.717, 1.165) is 25.1 Å². The summed E-state index contributed by atoms with van der Waals surface area (Å²) >= 11 is 0. The molecule has 0 amide bonds. The first-order valence-corrected chi connectivity index (χ1v) is 8.50. The summed E-state index contributed by atoms with van der Waals surface area (Å²) in [7, 11) is 0. The van der Waals surface area contributed by atoms with Gasteiger partial charge in [-0.25, -0.2) is 4.98 Å². The van der Waals surface area contributed by atoms with Gasteiger partial charge in [-0.1, -0.05) is 27.7 Å². The van der Waals surface area contributed by atoms with Gasteiger partial charge in [0.25, 0.3) is 0 Å². The number of H-pyrrole nitrogens is 1. The molecule has 0 spiro atoms. The minimum atomic E-state index is 0.0237. The van der Waals surface area contributed by atoms with Gasteiger partial charge < -0.3 is 4.98 Å². The third-order valence-electron chi connectivity index (χ3n) is 4.42. The molecule has 0 radical (unpaired) electrons. The molecule has 2 aromatic heterocycles. The summed E-state index contributed by atoms with van der Waals surface area (Å²) in [6, 6.07) is 2.03. The van der Waals surface area contributed by atoms with Crippen LogP contribution in [0.3, 0.4) is 0 Å². The lowest BCUT2D eigenvalue weighted by molar-refractivity contribution is 0.183. The van der Waals surface area contributed by atoms with Crippen molar-refractivity contribution in [3.05, 3.63) is 36.7 Å². The van der Waals surface area contributed by atoms with Crippen LogP contribution in [0.4, 0.5) is 0 Å². The predicted octanol–water partition coefficient (Wildman–Crippen LogP) is 4.42. The third-order valence-corrected chi connectivity index (χ3v) is 4.42. The monoisotopic (exact) mass is 302 g/mol. The van der Waals surface area contributed by atoms with Crippen molar-refractivity contribution in [2.24, 2.45) is 11.8 Å². The minimum absolute atomic E-state index is 0.0237. The summed E-state index contributed by atoms with van der Waals surface area (Å²) in [6.45, 7) is 9.18. The molecule has 0 bridgehead atoms. The van der Waals surface area contributed by atoms with Crippen molar-refractivity contribution < 1.29 is 0 Å². The van der Waals surface area contributed by atoms with Crippen LogP contribution in [0.25, 0.3) is 0 Å². The SMILES string of the molecule is CC(C)CCC(CCC(C)C)(Cc1ncc[nH]1)n1cccn1. The van der Waals surface area contributed by atoms with Crippen LogP contribution in [-0.4, -0.2) is 19.7 Å². The van der Waals surface area contributed by atoms with Crippen LogP contribution in [0.5, 0.6) is 0 Å². The Morgan fingerprint density at radius 1 is 1.09 bits per heavy atom. The number of hydrogen-bond acceptors (Lipinski definition) is 2. The van der Waals surface area contributed by atoms with Gasteiger partial charge in [0.15, 0.2) is 0 Å². The van der Waals surface area contributed by atoms with Gasteiger partial charge in [0.2, 0.25) is 0 Å². The molecule has 4 nitrogen and oxygen atoms in total. The van der Waals surface area contributed by atoms with Gasteiger partial charge in [-0.2, -0.15) is 5.10 Å². The highest BCUT2D eigenvalue weighted by atomic mass is 15.3. The van der Waals surface area contributed by atoms with E-state index in [0.29, 0.717) is 11.8 Å². The van der Waals surface area contributed by atoms with Crippen LogP contribution < -0.4 is 0 Å². The van der Waals surface area contributed by atoms with Crippen molar-refractivity contribution in [2.75, 3.05) is 0 Å². The van der Waals surface area contributed by atoms with Crippen LogP contribution in [0.15, 0.2) is 30.9 Å². The summed E-state index contributed by atoms with van der Waals surface area (Å²) in [5.41, 5.74) is 0.0237. The second-order valence-corrected chi connectivity index (χ2v) is 7.25. The Kier molecular flexibility index (Phi) is 5.81. The zero-order valence-corrected chi connectivity index (χ0v) is 14.4. The van der Waals surface area contributed by atoms with Crippen molar-refractivity contribution in [3.8, 4) is 0 Å². The first-order valence-electron chi connectivity index (χ1n) is 8.50. The fourth-order valence-electron chi connectivity index (χ4n) is 2.98. The molecular weight excluding hydrogens is 272 g/mol. The zero-order chi connectivity index (χ0) is 16.0. The molecule has 0 saturated heterocycles. The van der Waals surface area contributed by atoms with E-state index in [2.05, 4.69) is 53.6 Å². The molecule has 0 atom stereocenters. The van der Waals surface area contributed by atoms with Gasteiger partial charge in [0, 0.05) is 31.2 Å². The van der Waals surface area contributed by atoms with Crippen molar-refractivity contribution in [1.82, 2.24) is 19.7 Å². The zero-order valence-electron chi connectivity index (χ0n) is 14.4. The molecule has 122 valence electrons. The molecule has 2 aromatic rings. The van der Waals surface area contributed by atoms with Crippen molar-refractivity contribution in [3.63, 3.8) is 0 Å². The molecule has 0 saturated carbocycles. The Hall–Kier alpha value is -1.58. The first-order chi connectivity index (χ1) is 10.5. The minimum Gasteiger partial charge on any atom is -0.349 e. The Balaban J connectivity index is 2.28. The Morgan fingerprint density at radius 3 is 2.23 bits per heavy atom. The number of aromatic amines is 1. The van der Waals surface area contributed by atoms with E-state index in [-0.39, 0.29) is 5.54 Å². The van der Waals surface area contributed by atoms with Gasteiger partial charge in [0.1, 0.15) is 5.82 Å². The molecule has 2 heterocycles. The fraction of sp³-hybridized carbons (Fsp3) is 0.667. The lowest BCUT2D eigenvalue weighted by atomic mass is 9.81. The highest BCUT2D eigenvalue weighted by molar-refractivity contribution is 5.00. The molecule has 2 rings (SSSR count). The smallest absolute Gasteiger partial charge is 0.108 e. The second-order valence-electron chi connectivity index (χ2n) is 7.25. The maximum atomic E-state index is 4.60. The molecule has 22 heavy (non-hydrogen) atoms. The van der Waals surface area contributed by atoms with Crippen molar-refractivity contribution in [1.29, 1.82) is 0 Å². The van der Waals surface area contributed by atoms with Crippen LogP contribution in [0.2, 0.25) is 0 Å². The maximum absolute atomic E-state index is 4.60. The molecule has 4 heteroatoms. The second kappa shape index (κ2) is 7.61. The summed E-state index contributed by atoms with van der Waals surface area (Å²) in [6.07, 6.45) is 13.4. The van der Waals surface area contributed by atoms with Gasteiger partial charge in [0.05, 0.1) is 5.54 Å². The lowest BCUT2D eigenvalue weighted by Crippen LogP contribution is -2.38. The average Bonchev–Trinajstić information content (AvgIpc) is 3.15. The molecule has 1 N–H and O–H groups in total. The highest BCUT2D eigenvalue weighted by Gasteiger charge is 2.33. The van der Waals surface area contributed by atoms with Crippen molar-refractivity contribution in [2.45, 2.75) is 65.3 Å². The molecule has 0 aliphatic heterocycles. The fourth-order valence-corrected chi connectivity index (χ4v) is 2.98. The van der Waals surface area contributed by atoms with E-state index < -0.39 is 0 Å². The first kappa shape index (κ1) is 16.8. The topological polar surface area (TPSA) is 46.5 Å². The van der Waals surface area contributed by atoms with E-state index in [4.69, 9.17) is 0 Å². The number of nitrogens with zero attached hydrogens (tertiary/aromatic N) is 3. The maximum Gasteiger partial charge on any atom is 0.108 e. The molecule has 0 aliphatic rings. The number of imidazole rings is 1. The normalized spacial score (nSPS) is 12.5. The highest BCUT2D eigenvalue weighted by Crippen LogP contribution is 2.34.